The van der Waals surface area contributed by atoms with Crippen LogP contribution in [0.4, 0.5) is 5.13 Å². The van der Waals surface area contributed by atoms with Crippen LogP contribution in [0.25, 0.3) is 16.2 Å². The number of aromatic nitrogens is 4. The van der Waals surface area contributed by atoms with Gasteiger partial charge in [0.05, 0.1) is 11.9 Å². The van der Waals surface area contributed by atoms with E-state index in [4.69, 9.17) is 0 Å². The fraction of sp³-hybridized carbons (Fsp3) is 0.118. The lowest BCUT2D eigenvalue weighted by Crippen LogP contribution is -2.06. The molecule has 0 amide bonds. The van der Waals surface area contributed by atoms with Crippen LogP contribution in [0.2, 0.25) is 0 Å². The Bertz CT molecular complexity index is 899. The predicted molar refractivity (Wildman–Crippen MR) is 92.7 cm³/mol. The summed E-state index contributed by atoms with van der Waals surface area (Å²) in [5, 5.41) is 8.85. The Balaban J connectivity index is 1.50. The Kier molecular flexibility index (Phi) is 3.73. The van der Waals surface area contributed by atoms with Gasteiger partial charge in [-0.3, -0.25) is 4.98 Å². The third-order valence-corrected chi connectivity index (χ3v) is 4.42. The van der Waals surface area contributed by atoms with Crippen molar-refractivity contribution < 1.29 is 0 Å². The number of imidazole rings is 1. The number of hydrogen-bond donors (Lipinski definition) is 1. The summed E-state index contributed by atoms with van der Waals surface area (Å²) in [6.45, 7) is 0.800. The zero-order chi connectivity index (χ0) is 15.5. The molecule has 4 aromatic rings. The molecule has 0 fully saturated rings. The second kappa shape index (κ2) is 6.18. The Hall–Kier alpha value is -2.73. The van der Waals surface area contributed by atoms with E-state index < -0.39 is 0 Å². The second-order valence-corrected chi connectivity index (χ2v) is 6.06. The summed E-state index contributed by atoms with van der Waals surface area (Å²) >= 11 is 1.56. The fourth-order valence-corrected chi connectivity index (χ4v) is 3.21. The summed E-state index contributed by atoms with van der Waals surface area (Å²) in [6.07, 6.45) is 4.55. The molecule has 0 aliphatic carbocycles. The molecule has 3 heterocycles. The summed E-state index contributed by atoms with van der Waals surface area (Å²) in [5.74, 6) is 0. The fourth-order valence-electron chi connectivity index (χ4n) is 2.41. The Labute approximate surface area is 137 Å². The summed E-state index contributed by atoms with van der Waals surface area (Å²) in [7, 11) is 0. The van der Waals surface area contributed by atoms with Gasteiger partial charge in [-0.25, -0.2) is 9.50 Å². The van der Waals surface area contributed by atoms with E-state index in [0.29, 0.717) is 0 Å². The van der Waals surface area contributed by atoms with Gasteiger partial charge in [-0.05, 0) is 12.1 Å². The van der Waals surface area contributed by atoms with Gasteiger partial charge >= 0.3 is 0 Å². The highest BCUT2D eigenvalue weighted by atomic mass is 32.1. The average Bonchev–Trinajstić information content (AvgIpc) is 3.17. The van der Waals surface area contributed by atoms with Crippen molar-refractivity contribution in [3.63, 3.8) is 0 Å². The van der Waals surface area contributed by atoms with Gasteiger partial charge in [-0.1, -0.05) is 47.7 Å². The molecule has 0 saturated heterocycles. The Morgan fingerprint density at radius 1 is 1.00 bits per heavy atom. The maximum atomic E-state index is 4.62. The lowest BCUT2D eigenvalue weighted by Gasteiger charge is -2.01. The minimum atomic E-state index is 0.800. The lowest BCUT2D eigenvalue weighted by molar-refractivity contribution is 0.931. The first-order valence-electron chi connectivity index (χ1n) is 7.44. The van der Waals surface area contributed by atoms with Gasteiger partial charge in [0.15, 0.2) is 0 Å². The van der Waals surface area contributed by atoms with Gasteiger partial charge in [-0.15, -0.1) is 5.10 Å². The molecule has 5 nitrogen and oxygen atoms in total. The Morgan fingerprint density at radius 2 is 1.87 bits per heavy atom. The first kappa shape index (κ1) is 13.9. The molecule has 0 saturated carbocycles. The summed E-state index contributed by atoms with van der Waals surface area (Å²) in [6, 6.07) is 16.1. The van der Waals surface area contributed by atoms with Crippen molar-refractivity contribution in [2.75, 3.05) is 11.9 Å². The first-order valence-corrected chi connectivity index (χ1v) is 8.25. The molecule has 1 N–H and O–H groups in total. The molecule has 23 heavy (non-hydrogen) atoms. The van der Waals surface area contributed by atoms with Crippen molar-refractivity contribution in [2.45, 2.75) is 6.42 Å². The van der Waals surface area contributed by atoms with Gasteiger partial charge in [-0.2, -0.15) is 0 Å². The molecule has 0 unspecified atom stereocenters. The molecule has 3 aromatic heterocycles. The third kappa shape index (κ3) is 2.93. The van der Waals surface area contributed by atoms with Gasteiger partial charge in [0, 0.05) is 30.4 Å². The molecule has 0 atom stereocenters. The molecule has 6 heteroatoms. The maximum Gasteiger partial charge on any atom is 0.214 e. The molecule has 114 valence electrons. The molecule has 0 bridgehead atoms. The van der Waals surface area contributed by atoms with Crippen molar-refractivity contribution in [3.05, 3.63) is 66.6 Å². The van der Waals surface area contributed by atoms with Gasteiger partial charge in [0.2, 0.25) is 10.1 Å². The van der Waals surface area contributed by atoms with Crippen molar-refractivity contribution in [1.82, 2.24) is 19.6 Å². The normalized spacial score (nSPS) is 11.0. The van der Waals surface area contributed by atoms with Crippen molar-refractivity contribution in [1.29, 1.82) is 0 Å². The standard InChI is InChI=1S/C17H15N5S/c1-2-6-13(7-3-1)15-12-20-17-22(15)21-16(23-17)19-11-9-14-8-4-5-10-18-14/h1-8,10,12H,9,11H2,(H,19,21). The summed E-state index contributed by atoms with van der Waals surface area (Å²) in [4.78, 5) is 9.66. The predicted octanol–water partition coefficient (Wildman–Crippen LogP) is 3.51. The molecule has 0 aliphatic rings. The van der Waals surface area contributed by atoms with E-state index in [1.807, 2.05) is 53.3 Å². The number of anilines is 1. The molecule has 0 aliphatic heterocycles. The molecule has 4 rings (SSSR count). The van der Waals surface area contributed by atoms with Crippen LogP contribution in [0.3, 0.4) is 0 Å². The van der Waals surface area contributed by atoms with Gasteiger partial charge in [0.1, 0.15) is 0 Å². The maximum absolute atomic E-state index is 4.62. The van der Waals surface area contributed by atoms with Crippen molar-refractivity contribution >= 4 is 21.4 Å². The number of benzene rings is 1. The van der Waals surface area contributed by atoms with E-state index in [2.05, 4.69) is 32.5 Å². The van der Waals surface area contributed by atoms with E-state index in [0.717, 1.165) is 40.0 Å². The smallest absolute Gasteiger partial charge is 0.214 e. The van der Waals surface area contributed by atoms with E-state index in [-0.39, 0.29) is 0 Å². The zero-order valence-electron chi connectivity index (χ0n) is 12.4. The number of nitrogens with one attached hydrogen (secondary N) is 1. The molecule has 0 spiro atoms. The van der Waals surface area contributed by atoms with E-state index in [1.54, 1.807) is 11.3 Å². The summed E-state index contributed by atoms with van der Waals surface area (Å²) < 4.78 is 1.89. The van der Waals surface area contributed by atoms with Crippen LogP contribution in [0.5, 0.6) is 0 Å². The van der Waals surface area contributed by atoms with Crippen molar-refractivity contribution in [3.8, 4) is 11.3 Å². The van der Waals surface area contributed by atoms with Gasteiger partial charge < -0.3 is 5.32 Å². The molecular formula is C17H15N5S. The first-order chi connectivity index (χ1) is 11.4. The van der Waals surface area contributed by atoms with Crippen LogP contribution in [0.15, 0.2) is 60.9 Å². The average molecular weight is 321 g/mol. The van der Waals surface area contributed by atoms with Crippen LogP contribution >= 0.6 is 11.3 Å². The molecule has 1 aromatic carbocycles. The highest BCUT2D eigenvalue weighted by molar-refractivity contribution is 7.20. The number of fused-ring (bicyclic) bond motifs is 1. The van der Waals surface area contributed by atoms with E-state index in [1.165, 1.54) is 0 Å². The topological polar surface area (TPSA) is 55.1 Å². The highest BCUT2D eigenvalue weighted by Crippen LogP contribution is 2.25. The van der Waals surface area contributed by atoms with E-state index >= 15 is 0 Å². The lowest BCUT2D eigenvalue weighted by atomic mass is 10.2. The minimum absolute atomic E-state index is 0.800. The molecule has 0 radical (unpaired) electrons. The number of pyridine rings is 1. The van der Waals surface area contributed by atoms with E-state index in [9.17, 15) is 0 Å². The van der Waals surface area contributed by atoms with Crippen LogP contribution in [0.1, 0.15) is 5.69 Å². The number of nitrogens with zero attached hydrogens (tertiary/aromatic N) is 4. The SMILES string of the molecule is c1ccc(-c2cnc3sc(NCCc4ccccn4)nn23)cc1. The monoisotopic (exact) mass is 321 g/mol. The highest BCUT2D eigenvalue weighted by Gasteiger charge is 2.10. The zero-order valence-corrected chi connectivity index (χ0v) is 13.2. The number of rotatable bonds is 5. The summed E-state index contributed by atoms with van der Waals surface area (Å²) in [5.41, 5.74) is 3.20. The van der Waals surface area contributed by atoms with Crippen LogP contribution in [0, 0.1) is 0 Å². The second-order valence-electron chi connectivity index (χ2n) is 5.11. The number of hydrogen-bond acceptors (Lipinski definition) is 5. The van der Waals surface area contributed by atoms with Gasteiger partial charge in [0.25, 0.3) is 0 Å². The van der Waals surface area contributed by atoms with Crippen LogP contribution < -0.4 is 5.32 Å². The Morgan fingerprint density at radius 3 is 2.70 bits per heavy atom. The van der Waals surface area contributed by atoms with Crippen LogP contribution in [-0.4, -0.2) is 26.1 Å². The van der Waals surface area contributed by atoms with Crippen LogP contribution in [-0.2, 0) is 6.42 Å². The largest absolute Gasteiger partial charge is 0.360 e. The molecular weight excluding hydrogens is 306 g/mol. The minimum Gasteiger partial charge on any atom is -0.360 e. The third-order valence-electron chi connectivity index (χ3n) is 3.54. The van der Waals surface area contributed by atoms with Crippen molar-refractivity contribution in [2.24, 2.45) is 0 Å². The quantitative estimate of drug-likeness (QED) is 0.611.